The van der Waals surface area contributed by atoms with Crippen LogP contribution in [0.4, 0.5) is 0 Å². The number of nitrogens with zero attached hydrogens (tertiary/aromatic N) is 2. The van der Waals surface area contributed by atoms with Crippen LogP contribution in [-0.4, -0.2) is 34.9 Å². The minimum Gasteiger partial charge on any atom is -0.462 e. The molecule has 0 saturated heterocycles. The summed E-state index contributed by atoms with van der Waals surface area (Å²) in [6.45, 7) is 8.14. The van der Waals surface area contributed by atoms with Crippen LogP contribution < -0.4 is 5.30 Å². The number of benzene rings is 1. The van der Waals surface area contributed by atoms with E-state index < -0.39 is 7.60 Å². The Morgan fingerprint density at radius 3 is 2.24 bits per heavy atom. The van der Waals surface area contributed by atoms with Gasteiger partial charge in [-0.2, -0.15) is 0 Å². The van der Waals surface area contributed by atoms with Gasteiger partial charge >= 0.3 is 7.60 Å². The fourth-order valence-corrected chi connectivity index (χ4v) is 6.83. The molecule has 0 spiro atoms. The van der Waals surface area contributed by atoms with E-state index >= 15 is 0 Å². The Bertz CT molecular complexity index is 1220. The molecule has 4 rings (SSSR count). The van der Waals surface area contributed by atoms with Crippen molar-refractivity contribution >= 4 is 36.1 Å². The molecule has 2 aromatic heterocycles. The van der Waals surface area contributed by atoms with Gasteiger partial charge in [0.1, 0.15) is 16.0 Å². The van der Waals surface area contributed by atoms with E-state index in [0.29, 0.717) is 45.2 Å². The SMILES string of the molecule is CCOP(=O)(OCC)c1ccoc1-c1nc(CN2C(=O)c3ccccc3C2=O)sc1CC(C)C. The highest BCUT2D eigenvalue weighted by molar-refractivity contribution is 7.62. The monoisotopic (exact) mass is 502 g/mol. The number of carbonyl (C=O) groups is 2. The van der Waals surface area contributed by atoms with Gasteiger partial charge in [-0.1, -0.05) is 26.0 Å². The minimum absolute atomic E-state index is 0.0483. The number of hydrogen-bond acceptors (Lipinski definition) is 8. The van der Waals surface area contributed by atoms with Crippen molar-refractivity contribution in [1.29, 1.82) is 0 Å². The summed E-state index contributed by atoms with van der Waals surface area (Å²) in [7, 11) is -3.61. The van der Waals surface area contributed by atoms with Crippen molar-refractivity contribution in [3.63, 3.8) is 0 Å². The number of furan rings is 1. The van der Waals surface area contributed by atoms with E-state index in [4.69, 9.17) is 18.4 Å². The number of hydrogen-bond donors (Lipinski definition) is 0. The molecule has 0 aliphatic carbocycles. The highest BCUT2D eigenvalue weighted by Gasteiger charge is 2.37. The molecule has 3 aromatic rings. The molecule has 0 bridgehead atoms. The van der Waals surface area contributed by atoms with E-state index in [0.717, 1.165) is 4.88 Å². The normalized spacial score (nSPS) is 13.9. The highest BCUT2D eigenvalue weighted by atomic mass is 32.1. The predicted molar refractivity (Wildman–Crippen MR) is 129 cm³/mol. The van der Waals surface area contributed by atoms with Gasteiger partial charge in [0, 0.05) is 4.88 Å². The summed E-state index contributed by atoms with van der Waals surface area (Å²) in [5.41, 5.74) is 1.33. The first-order chi connectivity index (χ1) is 16.3. The number of fused-ring (bicyclic) bond motifs is 1. The molecule has 0 fully saturated rings. The van der Waals surface area contributed by atoms with Crippen molar-refractivity contribution in [2.45, 2.75) is 40.7 Å². The molecular formula is C24H27N2O6PS. The summed E-state index contributed by atoms with van der Waals surface area (Å²) < 4.78 is 30.3. The molecule has 1 aliphatic heterocycles. The van der Waals surface area contributed by atoms with Crippen LogP contribution in [0.1, 0.15) is 58.3 Å². The topological polar surface area (TPSA) is 98.9 Å². The fourth-order valence-electron chi connectivity index (χ4n) is 3.88. The third-order valence-electron chi connectivity index (χ3n) is 5.26. The summed E-state index contributed by atoms with van der Waals surface area (Å²) in [6, 6.07) is 8.37. The number of amides is 2. The third-order valence-corrected chi connectivity index (χ3v) is 8.46. The van der Waals surface area contributed by atoms with Crippen LogP contribution in [0.5, 0.6) is 0 Å². The van der Waals surface area contributed by atoms with Crippen molar-refractivity contribution in [3.05, 3.63) is 57.6 Å². The van der Waals surface area contributed by atoms with Gasteiger partial charge in [-0.3, -0.25) is 19.1 Å². The van der Waals surface area contributed by atoms with Gasteiger partial charge in [0.25, 0.3) is 11.8 Å². The molecule has 180 valence electrons. The number of carbonyl (C=O) groups excluding carboxylic acids is 2. The molecule has 10 heteroatoms. The van der Waals surface area contributed by atoms with Crippen molar-refractivity contribution < 1.29 is 27.6 Å². The van der Waals surface area contributed by atoms with Crippen molar-refractivity contribution in [3.8, 4) is 11.5 Å². The molecule has 0 atom stereocenters. The second kappa shape index (κ2) is 9.96. The lowest BCUT2D eigenvalue weighted by Crippen LogP contribution is -2.29. The first-order valence-corrected chi connectivity index (χ1v) is 13.6. The zero-order valence-electron chi connectivity index (χ0n) is 19.6. The number of rotatable bonds is 10. The van der Waals surface area contributed by atoms with E-state index in [-0.39, 0.29) is 31.6 Å². The first-order valence-electron chi connectivity index (χ1n) is 11.2. The first kappa shape index (κ1) is 24.5. The Morgan fingerprint density at radius 2 is 1.68 bits per heavy atom. The maximum Gasteiger partial charge on any atom is 0.365 e. The summed E-state index contributed by atoms with van der Waals surface area (Å²) in [5, 5.41) is 0.906. The van der Waals surface area contributed by atoms with Crippen LogP contribution in [0.25, 0.3) is 11.5 Å². The maximum atomic E-state index is 13.5. The Hall–Kier alpha value is -2.58. The summed E-state index contributed by atoms with van der Waals surface area (Å²) in [6.07, 6.45) is 2.14. The maximum absolute atomic E-state index is 13.5. The van der Waals surface area contributed by atoms with Crippen LogP contribution >= 0.6 is 18.9 Å². The molecule has 34 heavy (non-hydrogen) atoms. The zero-order valence-corrected chi connectivity index (χ0v) is 21.3. The van der Waals surface area contributed by atoms with Crippen molar-refractivity contribution in [1.82, 2.24) is 9.88 Å². The van der Waals surface area contributed by atoms with Gasteiger partial charge in [-0.15, -0.1) is 11.3 Å². The quantitative estimate of drug-likeness (QED) is 0.274. The lowest BCUT2D eigenvalue weighted by Gasteiger charge is -2.16. The van der Waals surface area contributed by atoms with Crippen LogP contribution in [0.3, 0.4) is 0 Å². The average Bonchev–Trinajstić information content (AvgIpc) is 3.48. The Balaban J connectivity index is 1.72. The van der Waals surface area contributed by atoms with Crippen molar-refractivity contribution in [2.75, 3.05) is 13.2 Å². The molecule has 0 saturated carbocycles. The Labute approximate surface area is 202 Å². The van der Waals surface area contributed by atoms with Gasteiger partial charge in [0.05, 0.1) is 37.1 Å². The third kappa shape index (κ3) is 4.53. The van der Waals surface area contributed by atoms with E-state index in [1.807, 2.05) is 0 Å². The molecule has 0 radical (unpaired) electrons. The molecule has 8 nitrogen and oxygen atoms in total. The molecular weight excluding hydrogens is 475 g/mol. The van der Waals surface area contributed by atoms with Crippen LogP contribution in [0.15, 0.2) is 41.0 Å². The second-order valence-corrected chi connectivity index (χ2v) is 11.3. The Kier molecular flexibility index (Phi) is 7.19. The number of thiazole rings is 1. The van der Waals surface area contributed by atoms with Crippen LogP contribution in [0, 0.1) is 5.92 Å². The van der Waals surface area contributed by atoms with Gasteiger partial charge in [0.2, 0.25) is 0 Å². The molecule has 3 heterocycles. The van der Waals surface area contributed by atoms with Gasteiger partial charge in [-0.05, 0) is 44.4 Å². The summed E-state index contributed by atoms with van der Waals surface area (Å²) >= 11 is 1.41. The average molecular weight is 503 g/mol. The minimum atomic E-state index is -3.61. The number of imide groups is 1. The van der Waals surface area contributed by atoms with E-state index in [2.05, 4.69) is 13.8 Å². The standard InChI is InChI=1S/C24H27N2O6PS/c1-5-31-33(29,32-6-2)18-11-12-30-22(18)21-19(13-15(3)4)34-20(25-21)14-26-23(27)16-9-7-8-10-17(16)24(26)28/h7-12,15H,5-6,13-14H2,1-4H3. The lowest BCUT2D eigenvalue weighted by atomic mass is 10.1. The lowest BCUT2D eigenvalue weighted by molar-refractivity contribution is 0.0642. The van der Waals surface area contributed by atoms with E-state index in [1.165, 1.54) is 22.5 Å². The fraction of sp³-hybridized carbons (Fsp3) is 0.375. The largest absolute Gasteiger partial charge is 0.462 e. The predicted octanol–water partition coefficient (Wildman–Crippen LogP) is 5.29. The smallest absolute Gasteiger partial charge is 0.365 e. The van der Waals surface area contributed by atoms with Gasteiger partial charge < -0.3 is 13.5 Å². The van der Waals surface area contributed by atoms with Crippen molar-refractivity contribution in [2.24, 2.45) is 5.92 Å². The molecule has 0 unspecified atom stereocenters. The molecule has 1 aliphatic rings. The van der Waals surface area contributed by atoms with E-state index in [1.54, 1.807) is 44.2 Å². The summed E-state index contributed by atoms with van der Waals surface area (Å²) in [4.78, 5) is 32.5. The summed E-state index contributed by atoms with van der Waals surface area (Å²) in [5.74, 6) is -0.0293. The molecule has 0 N–H and O–H groups in total. The Morgan fingerprint density at radius 1 is 1.06 bits per heavy atom. The van der Waals surface area contributed by atoms with Gasteiger partial charge in [0.15, 0.2) is 5.76 Å². The van der Waals surface area contributed by atoms with Crippen LogP contribution in [-0.2, 0) is 26.6 Å². The van der Waals surface area contributed by atoms with Gasteiger partial charge in [-0.25, -0.2) is 4.98 Å². The molecule has 1 aromatic carbocycles. The second-order valence-electron chi connectivity index (χ2n) is 8.19. The zero-order chi connectivity index (χ0) is 24.5. The van der Waals surface area contributed by atoms with E-state index in [9.17, 15) is 14.2 Å². The van der Waals surface area contributed by atoms with Crippen LogP contribution in [0.2, 0.25) is 0 Å². The molecule has 2 amide bonds. The number of aromatic nitrogens is 1. The highest BCUT2D eigenvalue weighted by Crippen LogP contribution is 2.50.